The summed E-state index contributed by atoms with van der Waals surface area (Å²) in [6.07, 6.45) is 1.03. The third kappa shape index (κ3) is 2.90. The topological polar surface area (TPSA) is 73.7 Å². The zero-order valence-electron chi connectivity index (χ0n) is 11.7. The molecule has 0 fully saturated rings. The van der Waals surface area contributed by atoms with E-state index in [1.807, 2.05) is 18.2 Å². The molecule has 0 spiro atoms. The molecular formula is C15H16N2O4. The van der Waals surface area contributed by atoms with E-state index in [2.05, 4.69) is 9.97 Å². The van der Waals surface area contributed by atoms with Gasteiger partial charge >= 0.3 is 0 Å². The third-order valence-electron chi connectivity index (χ3n) is 3.27. The fraction of sp³-hybridized carbons (Fsp3) is 0.333. The summed E-state index contributed by atoms with van der Waals surface area (Å²) >= 11 is 0. The second-order valence-electron chi connectivity index (χ2n) is 4.64. The van der Waals surface area contributed by atoms with Crippen molar-refractivity contribution in [2.45, 2.75) is 12.5 Å². The van der Waals surface area contributed by atoms with Crippen LogP contribution in [0, 0.1) is 0 Å². The number of aliphatic hydroxyl groups is 1. The van der Waals surface area contributed by atoms with Crippen molar-refractivity contribution >= 4 is 0 Å². The highest BCUT2D eigenvalue weighted by Crippen LogP contribution is 2.37. The molecule has 0 bridgehead atoms. The Morgan fingerprint density at radius 2 is 2.14 bits per heavy atom. The van der Waals surface area contributed by atoms with Gasteiger partial charge in [-0.25, -0.2) is 9.97 Å². The zero-order valence-corrected chi connectivity index (χ0v) is 11.7. The number of rotatable bonds is 4. The Kier molecular flexibility index (Phi) is 3.87. The molecule has 2 heterocycles. The van der Waals surface area contributed by atoms with Crippen LogP contribution in [0.3, 0.4) is 0 Å². The van der Waals surface area contributed by atoms with Crippen molar-refractivity contribution in [1.82, 2.24) is 9.97 Å². The van der Waals surface area contributed by atoms with Crippen molar-refractivity contribution in [2.24, 2.45) is 0 Å². The van der Waals surface area contributed by atoms with Crippen molar-refractivity contribution in [3.05, 3.63) is 41.9 Å². The average molecular weight is 288 g/mol. The number of methoxy groups -OCH3 is 1. The minimum atomic E-state index is -0.735. The van der Waals surface area contributed by atoms with Crippen LogP contribution in [0.1, 0.15) is 17.4 Å². The summed E-state index contributed by atoms with van der Waals surface area (Å²) in [6.45, 7) is 1.01. The molecule has 0 saturated heterocycles. The van der Waals surface area contributed by atoms with Gasteiger partial charge in [-0.3, -0.25) is 0 Å². The predicted octanol–water partition coefficient (Wildman–Crippen LogP) is 1.53. The van der Waals surface area contributed by atoms with Crippen LogP contribution >= 0.6 is 0 Å². The molecule has 2 aromatic rings. The molecular weight excluding hydrogens is 272 g/mol. The fourth-order valence-electron chi connectivity index (χ4n) is 2.27. The Hall–Kier alpha value is -2.34. The second kappa shape index (κ2) is 5.97. The number of hydrogen-bond acceptors (Lipinski definition) is 6. The third-order valence-corrected chi connectivity index (χ3v) is 3.27. The Morgan fingerprint density at radius 1 is 1.29 bits per heavy atom. The maximum atomic E-state index is 10.5. The van der Waals surface area contributed by atoms with Crippen LogP contribution in [0.2, 0.25) is 0 Å². The number of fused-ring (bicyclic) bond motifs is 1. The highest BCUT2D eigenvalue weighted by molar-refractivity contribution is 5.48. The highest BCUT2D eigenvalue weighted by atomic mass is 16.6. The number of aromatic nitrogens is 2. The van der Waals surface area contributed by atoms with Crippen molar-refractivity contribution in [3.8, 4) is 17.4 Å². The number of nitrogens with zero attached hydrogens (tertiary/aromatic N) is 2. The van der Waals surface area contributed by atoms with Gasteiger partial charge in [0.05, 0.1) is 18.9 Å². The molecule has 6 nitrogen and oxygen atoms in total. The molecule has 110 valence electrons. The summed E-state index contributed by atoms with van der Waals surface area (Å²) in [7, 11) is 1.54. The molecule has 1 aromatic carbocycles. The van der Waals surface area contributed by atoms with Gasteiger partial charge in [-0.1, -0.05) is 12.1 Å². The molecule has 3 rings (SSSR count). The normalized spacial score (nSPS) is 14.6. The van der Waals surface area contributed by atoms with Gasteiger partial charge in [0.25, 0.3) is 0 Å². The van der Waals surface area contributed by atoms with Crippen molar-refractivity contribution in [3.63, 3.8) is 0 Å². The minimum absolute atomic E-state index is 0.346. The number of para-hydroxylation sites is 1. The Bertz CT molecular complexity index is 633. The van der Waals surface area contributed by atoms with Crippen molar-refractivity contribution in [1.29, 1.82) is 0 Å². The average Bonchev–Trinajstić information content (AvgIpc) is 2.54. The lowest BCUT2D eigenvalue weighted by atomic mass is 10.0. The summed E-state index contributed by atoms with van der Waals surface area (Å²) in [5, 5.41) is 10.5. The number of ether oxygens (including phenoxy) is 3. The molecule has 0 aliphatic carbocycles. The first-order chi connectivity index (χ1) is 10.3. The van der Waals surface area contributed by atoms with Gasteiger partial charge in [0.2, 0.25) is 5.88 Å². The van der Waals surface area contributed by atoms with Crippen LogP contribution in [-0.4, -0.2) is 35.4 Å². The van der Waals surface area contributed by atoms with E-state index in [-0.39, 0.29) is 0 Å². The molecule has 1 atom stereocenters. The van der Waals surface area contributed by atoms with E-state index < -0.39 is 6.10 Å². The van der Waals surface area contributed by atoms with Gasteiger partial charge in [-0.05, 0) is 6.07 Å². The Balaban J connectivity index is 1.83. The molecule has 0 amide bonds. The molecule has 1 aliphatic rings. The smallest absolute Gasteiger partial charge is 0.216 e. The van der Waals surface area contributed by atoms with Gasteiger partial charge in [0.15, 0.2) is 11.5 Å². The van der Waals surface area contributed by atoms with Gasteiger partial charge < -0.3 is 19.3 Å². The quantitative estimate of drug-likeness (QED) is 0.919. The first-order valence-corrected chi connectivity index (χ1v) is 6.69. The molecule has 1 unspecified atom stereocenters. The van der Waals surface area contributed by atoms with E-state index >= 15 is 0 Å². The van der Waals surface area contributed by atoms with Gasteiger partial charge in [0.1, 0.15) is 19.5 Å². The number of aliphatic hydroxyl groups excluding tert-OH is 1. The largest absolute Gasteiger partial charge is 0.486 e. The Labute approximate surface area is 122 Å². The summed E-state index contributed by atoms with van der Waals surface area (Å²) in [4.78, 5) is 8.09. The standard InChI is InChI=1S/C15H16N2O4/c1-19-14-8-10(16-9-17-14)7-12(18)11-3-2-4-13-15(11)21-6-5-20-13/h2-4,8-9,12,18H,5-7H2,1H3. The Morgan fingerprint density at radius 3 is 3.00 bits per heavy atom. The van der Waals surface area contributed by atoms with Gasteiger partial charge in [0, 0.05) is 18.1 Å². The monoisotopic (exact) mass is 288 g/mol. The molecule has 0 radical (unpaired) electrons. The second-order valence-corrected chi connectivity index (χ2v) is 4.64. The van der Waals surface area contributed by atoms with Crippen molar-refractivity contribution < 1.29 is 19.3 Å². The van der Waals surface area contributed by atoms with E-state index in [9.17, 15) is 5.11 Å². The van der Waals surface area contributed by atoms with E-state index in [1.54, 1.807) is 13.2 Å². The molecule has 6 heteroatoms. The van der Waals surface area contributed by atoms with Crippen LogP contribution in [0.15, 0.2) is 30.6 Å². The lowest BCUT2D eigenvalue weighted by Gasteiger charge is -2.23. The highest BCUT2D eigenvalue weighted by Gasteiger charge is 2.21. The van der Waals surface area contributed by atoms with E-state index in [0.29, 0.717) is 48.3 Å². The number of hydrogen-bond donors (Lipinski definition) is 1. The van der Waals surface area contributed by atoms with Crippen molar-refractivity contribution in [2.75, 3.05) is 20.3 Å². The maximum Gasteiger partial charge on any atom is 0.216 e. The summed E-state index contributed by atoms with van der Waals surface area (Å²) in [5.74, 6) is 1.75. The molecule has 1 aliphatic heterocycles. The van der Waals surface area contributed by atoms with Crippen LogP contribution in [0.25, 0.3) is 0 Å². The van der Waals surface area contributed by atoms with E-state index in [1.165, 1.54) is 6.33 Å². The molecule has 0 saturated carbocycles. The zero-order chi connectivity index (χ0) is 14.7. The van der Waals surface area contributed by atoms with E-state index in [0.717, 1.165) is 0 Å². The summed E-state index contributed by atoms with van der Waals surface area (Å²) in [5.41, 5.74) is 1.40. The lowest BCUT2D eigenvalue weighted by Crippen LogP contribution is -2.17. The first kappa shape index (κ1) is 13.6. The molecule has 21 heavy (non-hydrogen) atoms. The first-order valence-electron chi connectivity index (χ1n) is 6.69. The predicted molar refractivity (Wildman–Crippen MR) is 74.7 cm³/mol. The summed E-state index contributed by atoms with van der Waals surface area (Å²) in [6, 6.07) is 7.21. The van der Waals surface area contributed by atoms with E-state index in [4.69, 9.17) is 14.2 Å². The van der Waals surface area contributed by atoms with Crippen LogP contribution < -0.4 is 14.2 Å². The SMILES string of the molecule is COc1cc(CC(O)c2cccc3c2OCCO3)ncn1. The number of benzene rings is 1. The molecule has 1 N–H and O–H groups in total. The van der Waals surface area contributed by atoms with Gasteiger partial charge in [-0.2, -0.15) is 0 Å². The lowest BCUT2D eigenvalue weighted by molar-refractivity contribution is 0.145. The summed E-state index contributed by atoms with van der Waals surface area (Å²) < 4.78 is 16.2. The van der Waals surface area contributed by atoms with Gasteiger partial charge in [-0.15, -0.1) is 0 Å². The van der Waals surface area contributed by atoms with Crippen LogP contribution in [0.4, 0.5) is 0 Å². The fourth-order valence-corrected chi connectivity index (χ4v) is 2.27. The minimum Gasteiger partial charge on any atom is -0.486 e. The van der Waals surface area contributed by atoms with Crippen LogP contribution in [0.5, 0.6) is 17.4 Å². The maximum absolute atomic E-state index is 10.5. The van der Waals surface area contributed by atoms with Crippen LogP contribution in [-0.2, 0) is 6.42 Å². The molecule has 1 aromatic heterocycles.